The van der Waals surface area contributed by atoms with Crippen molar-refractivity contribution in [1.82, 2.24) is 0 Å². The van der Waals surface area contributed by atoms with Crippen molar-refractivity contribution in [2.45, 2.75) is 0 Å². The second-order valence-corrected chi connectivity index (χ2v) is 3.91. The number of hydrogen-bond acceptors (Lipinski definition) is 2. The number of nitrogens with one attached hydrogen (secondary N) is 1. The van der Waals surface area contributed by atoms with Gasteiger partial charge < -0.3 is 30.2 Å². The Labute approximate surface area is 134 Å². The molecular weight excluding hydrogens is 281 g/mol. The van der Waals surface area contributed by atoms with Crippen molar-refractivity contribution in [2.24, 2.45) is 0 Å². The number of hydrogen-bond donors (Lipinski definition) is 1. The van der Waals surface area contributed by atoms with Gasteiger partial charge in [-0.1, -0.05) is 20.3 Å². The van der Waals surface area contributed by atoms with E-state index in [0.29, 0.717) is 4.32 Å². The molecule has 0 bridgehead atoms. The van der Waals surface area contributed by atoms with E-state index < -0.39 is 0 Å². The Hall–Kier alpha value is 1.45. The summed E-state index contributed by atoms with van der Waals surface area (Å²) in [5, 5.41) is 2.86. The van der Waals surface area contributed by atoms with E-state index in [-0.39, 0.29) is 51.4 Å². The van der Waals surface area contributed by atoms with Crippen LogP contribution in [0.3, 0.4) is 0 Å². The Morgan fingerprint density at radius 1 is 1.33 bits per heavy atom. The first-order chi connectivity index (χ1) is 5.18. The van der Waals surface area contributed by atoms with Crippen LogP contribution in [0.1, 0.15) is 0 Å². The number of thiocarbonyl (C=S) groups is 1. The molecule has 0 saturated carbocycles. The van der Waals surface area contributed by atoms with Crippen molar-refractivity contribution in [3.05, 3.63) is 28.7 Å². The fourth-order valence-electron chi connectivity index (χ4n) is 0.651. The van der Waals surface area contributed by atoms with Gasteiger partial charge in [0.1, 0.15) is 0 Å². The summed E-state index contributed by atoms with van der Waals surface area (Å²) in [6, 6.07) is 7.66. The maximum atomic E-state index is 4.70. The summed E-state index contributed by atoms with van der Waals surface area (Å²) < 4.78 is 1.41. The first-order valence-electron chi connectivity index (χ1n) is 2.92. The van der Waals surface area contributed by atoms with Crippen LogP contribution in [-0.2, 0) is 12.6 Å². The standard InChI is InChI=1S/C7H6BrNS2.K/c8-5-1-3-6(4-2-5)9-7(10)11;/h1-4H,(H2,9,10,11);/q;+1/p-1. The van der Waals surface area contributed by atoms with E-state index in [1.807, 2.05) is 24.3 Å². The minimum Gasteiger partial charge on any atom is -0.411 e. The third-order valence-corrected chi connectivity index (χ3v) is 1.82. The minimum atomic E-state index is 0. The molecule has 58 valence electrons. The summed E-state index contributed by atoms with van der Waals surface area (Å²) in [6.45, 7) is 0. The summed E-state index contributed by atoms with van der Waals surface area (Å²) in [6.07, 6.45) is 0. The molecular formula is C7H5BrKNS2. The van der Waals surface area contributed by atoms with E-state index in [2.05, 4.69) is 21.2 Å². The number of anilines is 1. The van der Waals surface area contributed by atoms with Crippen molar-refractivity contribution in [3.63, 3.8) is 0 Å². The Balaban J connectivity index is 0.00000121. The van der Waals surface area contributed by atoms with Gasteiger partial charge in [-0.2, -0.15) is 0 Å². The van der Waals surface area contributed by atoms with E-state index in [9.17, 15) is 0 Å². The monoisotopic (exact) mass is 285 g/mol. The third kappa shape index (κ3) is 5.24. The van der Waals surface area contributed by atoms with Crippen molar-refractivity contribution >= 4 is 50.8 Å². The van der Waals surface area contributed by atoms with Crippen LogP contribution in [-0.4, -0.2) is 4.32 Å². The molecule has 1 N–H and O–H groups in total. The summed E-state index contributed by atoms with van der Waals surface area (Å²) in [4.78, 5) is 0. The predicted octanol–water partition coefficient (Wildman–Crippen LogP) is -0.303. The van der Waals surface area contributed by atoms with E-state index in [1.165, 1.54) is 0 Å². The molecule has 1 rings (SSSR count). The van der Waals surface area contributed by atoms with Gasteiger partial charge in [0.05, 0.1) is 0 Å². The van der Waals surface area contributed by atoms with Gasteiger partial charge in [-0.15, -0.1) is 0 Å². The Morgan fingerprint density at radius 2 is 1.83 bits per heavy atom. The zero-order valence-electron chi connectivity index (χ0n) is 6.50. The zero-order valence-corrected chi connectivity index (χ0v) is 12.8. The summed E-state index contributed by atoms with van der Waals surface area (Å²) >= 11 is 12.7. The smallest absolute Gasteiger partial charge is 0.411 e. The van der Waals surface area contributed by atoms with E-state index >= 15 is 0 Å². The van der Waals surface area contributed by atoms with Crippen molar-refractivity contribution in [2.75, 3.05) is 5.32 Å². The SMILES string of the molecule is S=C([S-])Nc1ccc(Br)cc1.[K+]. The minimum absolute atomic E-state index is 0. The molecule has 0 amide bonds. The van der Waals surface area contributed by atoms with Crippen LogP contribution < -0.4 is 56.7 Å². The fraction of sp³-hybridized carbons (Fsp3) is 0. The van der Waals surface area contributed by atoms with E-state index in [1.54, 1.807) is 0 Å². The molecule has 0 saturated heterocycles. The van der Waals surface area contributed by atoms with Gasteiger partial charge in [0.2, 0.25) is 0 Å². The van der Waals surface area contributed by atoms with E-state index in [4.69, 9.17) is 24.8 Å². The number of benzene rings is 1. The third-order valence-electron chi connectivity index (χ3n) is 1.09. The Morgan fingerprint density at radius 3 is 2.25 bits per heavy atom. The molecule has 0 fully saturated rings. The summed E-state index contributed by atoms with van der Waals surface area (Å²) in [5.74, 6) is 0. The van der Waals surface area contributed by atoms with E-state index in [0.717, 1.165) is 10.2 Å². The van der Waals surface area contributed by atoms with Crippen molar-refractivity contribution in [1.29, 1.82) is 0 Å². The van der Waals surface area contributed by atoms with Gasteiger partial charge in [0, 0.05) is 10.2 Å². The molecule has 0 spiro atoms. The topological polar surface area (TPSA) is 12.0 Å². The van der Waals surface area contributed by atoms with Gasteiger partial charge in [-0.05, 0) is 24.3 Å². The molecule has 0 aromatic heterocycles. The van der Waals surface area contributed by atoms with Gasteiger partial charge in [-0.3, -0.25) is 0 Å². The molecule has 0 aliphatic heterocycles. The first kappa shape index (κ1) is 13.4. The van der Waals surface area contributed by atoms with Crippen molar-refractivity contribution in [3.8, 4) is 0 Å². The largest absolute Gasteiger partial charge is 1.00 e. The van der Waals surface area contributed by atoms with Crippen LogP contribution in [0.4, 0.5) is 5.69 Å². The Kier molecular flexibility index (Phi) is 7.66. The molecule has 0 unspecified atom stereocenters. The zero-order chi connectivity index (χ0) is 8.27. The maximum absolute atomic E-state index is 4.70. The van der Waals surface area contributed by atoms with Crippen LogP contribution in [0, 0.1) is 0 Å². The first-order valence-corrected chi connectivity index (χ1v) is 4.53. The molecule has 5 heteroatoms. The van der Waals surface area contributed by atoms with Gasteiger partial charge in [0.15, 0.2) is 0 Å². The van der Waals surface area contributed by atoms with Crippen LogP contribution in [0.2, 0.25) is 0 Å². The van der Waals surface area contributed by atoms with Gasteiger partial charge in [0.25, 0.3) is 0 Å². The summed E-state index contributed by atoms with van der Waals surface area (Å²) in [5.41, 5.74) is 0.924. The second-order valence-electron chi connectivity index (χ2n) is 1.92. The molecule has 0 aliphatic rings. The Bertz CT molecular complexity index is 263. The molecule has 12 heavy (non-hydrogen) atoms. The molecule has 0 atom stereocenters. The average Bonchev–Trinajstić information content (AvgIpc) is 1.93. The van der Waals surface area contributed by atoms with Crippen molar-refractivity contribution < 1.29 is 51.4 Å². The summed E-state index contributed by atoms with van der Waals surface area (Å²) in [7, 11) is 0. The number of halogens is 1. The van der Waals surface area contributed by atoms with Crippen LogP contribution in [0.5, 0.6) is 0 Å². The molecule has 0 aliphatic carbocycles. The molecule has 1 aromatic rings. The van der Waals surface area contributed by atoms with Crippen LogP contribution >= 0.6 is 28.1 Å². The second kappa shape index (κ2) is 6.83. The van der Waals surface area contributed by atoms with Crippen LogP contribution in [0.15, 0.2) is 28.7 Å². The quantitative estimate of drug-likeness (QED) is 0.432. The van der Waals surface area contributed by atoms with Crippen LogP contribution in [0.25, 0.3) is 0 Å². The maximum Gasteiger partial charge on any atom is 1.00 e. The molecule has 0 heterocycles. The molecule has 1 nitrogen and oxygen atoms in total. The molecule has 0 radical (unpaired) electrons. The average molecular weight is 286 g/mol. The fourth-order valence-corrected chi connectivity index (χ4v) is 1.15. The molecule has 1 aromatic carbocycles. The van der Waals surface area contributed by atoms with Gasteiger partial charge >= 0.3 is 51.4 Å². The number of rotatable bonds is 1. The predicted molar refractivity (Wildman–Crippen MR) is 57.7 cm³/mol. The van der Waals surface area contributed by atoms with Gasteiger partial charge in [-0.25, -0.2) is 0 Å². The normalized spacial score (nSPS) is 8.42.